The normalized spacial score (nSPS) is 9.52. The van der Waals surface area contributed by atoms with Crippen molar-refractivity contribution in [3.05, 3.63) is 73.3 Å². The lowest BCUT2D eigenvalue weighted by molar-refractivity contribution is 0.824. The van der Waals surface area contributed by atoms with Crippen LogP contribution in [0.1, 0.15) is 0 Å². The van der Waals surface area contributed by atoms with Gasteiger partial charge in [0.15, 0.2) is 0 Å². The Morgan fingerprint density at radius 1 is 0.429 bits per heavy atom. The topological polar surface area (TPSA) is 83.1 Å². The summed E-state index contributed by atoms with van der Waals surface area (Å²) in [4.78, 5) is 16.5. The molecule has 2 aromatic heterocycles. The summed E-state index contributed by atoms with van der Waals surface area (Å²) in [6, 6.07) is 15.6. The van der Waals surface area contributed by atoms with Gasteiger partial charge in [0.2, 0.25) is 0 Å². The van der Waals surface area contributed by atoms with Crippen LogP contribution >= 0.6 is 0 Å². The first kappa shape index (κ1) is 14.5. The third-order valence-corrected chi connectivity index (χ3v) is 2.75. The zero-order valence-corrected chi connectivity index (χ0v) is 11.2. The maximum absolute atomic E-state index is 4.12. The Labute approximate surface area is 121 Å². The van der Waals surface area contributed by atoms with Crippen molar-refractivity contribution in [1.29, 1.82) is 0 Å². The molecule has 0 aliphatic heterocycles. The van der Waals surface area contributed by atoms with Crippen molar-refractivity contribution in [2.75, 3.05) is 0 Å². The van der Waals surface area contributed by atoms with Crippen molar-refractivity contribution < 1.29 is 5.48 Å². The van der Waals surface area contributed by atoms with Crippen molar-refractivity contribution in [2.24, 2.45) is 0 Å². The largest absolute Gasteiger partial charge is 0.412 e. The maximum atomic E-state index is 4.12. The van der Waals surface area contributed by atoms with Crippen molar-refractivity contribution in [3.8, 4) is 0 Å². The lowest BCUT2D eigenvalue weighted by Crippen LogP contribution is -1.78. The van der Waals surface area contributed by atoms with Crippen LogP contribution in [-0.2, 0) is 0 Å². The van der Waals surface area contributed by atoms with Gasteiger partial charge in [-0.05, 0) is 24.3 Å². The number of fused-ring (bicyclic) bond motifs is 2. The smallest absolute Gasteiger partial charge is 0.0886 e. The van der Waals surface area contributed by atoms with Gasteiger partial charge >= 0.3 is 0 Å². The van der Waals surface area contributed by atoms with Crippen molar-refractivity contribution in [3.63, 3.8) is 0 Å². The SMILES string of the molecule is O.c1ccc2nccnc2c1.c1ccc2nccnc2c1. The zero-order chi connectivity index (χ0) is 13.6. The van der Waals surface area contributed by atoms with Crippen molar-refractivity contribution in [2.45, 2.75) is 0 Å². The average molecular weight is 278 g/mol. The Bertz CT molecular complexity index is 634. The summed E-state index contributed by atoms with van der Waals surface area (Å²) in [6.07, 6.45) is 6.79. The molecular formula is C16H14N4O. The number of hydrogen-bond acceptors (Lipinski definition) is 4. The molecule has 0 fully saturated rings. The molecule has 2 N–H and O–H groups in total. The number of rotatable bonds is 0. The minimum atomic E-state index is 0. The molecule has 21 heavy (non-hydrogen) atoms. The van der Waals surface area contributed by atoms with E-state index in [2.05, 4.69) is 19.9 Å². The number of para-hydroxylation sites is 4. The van der Waals surface area contributed by atoms with Crippen LogP contribution in [-0.4, -0.2) is 25.4 Å². The van der Waals surface area contributed by atoms with Crippen LogP contribution < -0.4 is 0 Å². The summed E-state index contributed by atoms with van der Waals surface area (Å²) in [5, 5.41) is 0. The average Bonchev–Trinajstić information content (AvgIpc) is 2.56. The van der Waals surface area contributed by atoms with Crippen LogP contribution in [0.5, 0.6) is 0 Å². The number of hydrogen-bond donors (Lipinski definition) is 0. The summed E-state index contributed by atoms with van der Waals surface area (Å²) in [5.74, 6) is 0. The first-order valence-corrected chi connectivity index (χ1v) is 6.25. The standard InChI is InChI=1S/2C8H6N2.H2O/c2*1-2-4-8-7(3-1)9-5-6-10-8;/h2*1-6H;1H2. The Morgan fingerprint density at radius 2 is 0.667 bits per heavy atom. The minimum absolute atomic E-state index is 0. The predicted octanol–water partition coefficient (Wildman–Crippen LogP) is 2.43. The van der Waals surface area contributed by atoms with Gasteiger partial charge in [0.05, 0.1) is 22.1 Å². The zero-order valence-electron chi connectivity index (χ0n) is 11.2. The highest BCUT2D eigenvalue weighted by Crippen LogP contribution is 2.05. The molecule has 0 bridgehead atoms. The summed E-state index contributed by atoms with van der Waals surface area (Å²) in [5.41, 5.74) is 3.80. The maximum Gasteiger partial charge on any atom is 0.0886 e. The second-order valence-electron chi connectivity index (χ2n) is 4.09. The predicted molar refractivity (Wildman–Crippen MR) is 82.7 cm³/mol. The molecule has 5 heteroatoms. The molecule has 0 aliphatic rings. The Balaban J connectivity index is 0.000000147. The van der Waals surface area contributed by atoms with Gasteiger partial charge in [0.25, 0.3) is 0 Å². The second kappa shape index (κ2) is 7.02. The molecular weight excluding hydrogens is 264 g/mol. The number of aromatic nitrogens is 4. The van der Waals surface area contributed by atoms with Gasteiger partial charge in [0.1, 0.15) is 0 Å². The fraction of sp³-hybridized carbons (Fsp3) is 0. The van der Waals surface area contributed by atoms with E-state index in [-0.39, 0.29) is 5.48 Å². The molecule has 0 atom stereocenters. The van der Waals surface area contributed by atoms with E-state index in [9.17, 15) is 0 Å². The highest BCUT2D eigenvalue weighted by Gasteiger charge is 1.89. The Morgan fingerprint density at radius 3 is 0.905 bits per heavy atom. The van der Waals surface area contributed by atoms with Gasteiger partial charge in [-0.15, -0.1) is 0 Å². The van der Waals surface area contributed by atoms with E-state index in [4.69, 9.17) is 0 Å². The lowest BCUT2D eigenvalue weighted by atomic mass is 10.3. The van der Waals surface area contributed by atoms with Gasteiger partial charge in [0, 0.05) is 24.8 Å². The number of benzene rings is 2. The van der Waals surface area contributed by atoms with Gasteiger partial charge in [-0.1, -0.05) is 24.3 Å². The van der Waals surface area contributed by atoms with E-state index >= 15 is 0 Å². The molecule has 0 saturated heterocycles. The van der Waals surface area contributed by atoms with E-state index in [1.54, 1.807) is 24.8 Å². The first-order chi connectivity index (χ1) is 9.93. The van der Waals surface area contributed by atoms with E-state index < -0.39 is 0 Å². The third-order valence-electron chi connectivity index (χ3n) is 2.75. The highest BCUT2D eigenvalue weighted by atomic mass is 16.0. The molecule has 0 amide bonds. The van der Waals surface area contributed by atoms with Crippen LogP contribution in [0.15, 0.2) is 73.3 Å². The van der Waals surface area contributed by atoms with E-state index in [1.807, 2.05) is 48.5 Å². The summed E-state index contributed by atoms with van der Waals surface area (Å²) >= 11 is 0. The van der Waals surface area contributed by atoms with Crippen LogP contribution in [0.3, 0.4) is 0 Å². The molecule has 0 aliphatic carbocycles. The van der Waals surface area contributed by atoms with Crippen LogP contribution in [0, 0.1) is 0 Å². The van der Waals surface area contributed by atoms with Crippen LogP contribution in [0.25, 0.3) is 22.1 Å². The minimum Gasteiger partial charge on any atom is -0.412 e. The molecule has 104 valence electrons. The van der Waals surface area contributed by atoms with E-state index in [0.717, 1.165) is 22.1 Å². The quantitative estimate of drug-likeness (QED) is 0.494. The monoisotopic (exact) mass is 278 g/mol. The highest BCUT2D eigenvalue weighted by molar-refractivity contribution is 5.73. The van der Waals surface area contributed by atoms with Crippen LogP contribution in [0.4, 0.5) is 0 Å². The number of nitrogens with zero attached hydrogens (tertiary/aromatic N) is 4. The Kier molecular flexibility index (Phi) is 4.84. The van der Waals surface area contributed by atoms with Crippen molar-refractivity contribution in [1.82, 2.24) is 19.9 Å². The molecule has 5 nitrogen and oxygen atoms in total. The molecule has 0 saturated carbocycles. The van der Waals surface area contributed by atoms with Crippen molar-refractivity contribution >= 4 is 22.1 Å². The second-order valence-corrected chi connectivity index (χ2v) is 4.09. The fourth-order valence-corrected chi connectivity index (χ4v) is 1.82. The first-order valence-electron chi connectivity index (χ1n) is 6.25. The summed E-state index contributed by atoms with van der Waals surface area (Å²) < 4.78 is 0. The summed E-state index contributed by atoms with van der Waals surface area (Å²) in [7, 11) is 0. The van der Waals surface area contributed by atoms with E-state index in [0.29, 0.717) is 0 Å². The lowest BCUT2D eigenvalue weighted by Gasteiger charge is -1.90. The molecule has 2 aromatic carbocycles. The molecule has 0 unspecified atom stereocenters. The third kappa shape index (κ3) is 3.55. The molecule has 2 heterocycles. The molecule has 4 aromatic rings. The van der Waals surface area contributed by atoms with Gasteiger partial charge in [-0.2, -0.15) is 0 Å². The molecule has 0 spiro atoms. The fourth-order valence-electron chi connectivity index (χ4n) is 1.82. The Hall–Kier alpha value is -2.92. The van der Waals surface area contributed by atoms with Gasteiger partial charge in [-0.3, -0.25) is 19.9 Å². The molecule has 0 radical (unpaired) electrons. The van der Waals surface area contributed by atoms with Gasteiger partial charge in [-0.25, -0.2) is 0 Å². The molecule has 4 rings (SSSR count). The van der Waals surface area contributed by atoms with E-state index in [1.165, 1.54) is 0 Å². The van der Waals surface area contributed by atoms with Gasteiger partial charge < -0.3 is 5.48 Å². The van der Waals surface area contributed by atoms with Crippen LogP contribution in [0.2, 0.25) is 0 Å². The summed E-state index contributed by atoms with van der Waals surface area (Å²) in [6.45, 7) is 0.